The van der Waals surface area contributed by atoms with Crippen molar-refractivity contribution in [2.75, 3.05) is 0 Å². The van der Waals surface area contributed by atoms with Crippen molar-refractivity contribution in [1.29, 1.82) is 0 Å². The summed E-state index contributed by atoms with van der Waals surface area (Å²) >= 11 is 0. The van der Waals surface area contributed by atoms with Gasteiger partial charge in [0.05, 0.1) is 5.56 Å². The Morgan fingerprint density at radius 1 is 1.55 bits per heavy atom. The van der Waals surface area contributed by atoms with E-state index in [1.54, 1.807) is 13.0 Å². The summed E-state index contributed by atoms with van der Waals surface area (Å²) in [6.07, 6.45) is 4.04. The highest BCUT2D eigenvalue weighted by atomic mass is 16.5. The first-order valence-electron chi connectivity index (χ1n) is 3.11. The van der Waals surface area contributed by atoms with Crippen LogP contribution in [0.1, 0.15) is 5.82 Å². The molecule has 0 spiro atoms. The lowest BCUT2D eigenvalue weighted by Crippen LogP contribution is -1.72. The van der Waals surface area contributed by atoms with Gasteiger partial charge in [-0.05, 0) is 6.92 Å². The van der Waals surface area contributed by atoms with Crippen LogP contribution < -0.4 is 0 Å². The molecule has 0 aliphatic heterocycles. The zero-order valence-electron chi connectivity index (χ0n) is 5.87. The van der Waals surface area contributed by atoms with Gasteiger partial charge in [-0.3, -0.25) is 0 Å². The standard InChI is InChI=1S/C7H5N2O2/c1-5-8-7(11-9-5)6-2-3-10-4-6/h2,4H,1H3. The second-order valence-electron chi connectivity index (χ2n) is 2.10. The van der Waals surface area contributed by atoms with Gasteiger partial charge in [-0.15, -0.1) is 0 Å². The van der Waals surface area contributed by atoms with Crippen LogP contribution in [0.5, 0.6) is 0 Å². The lowest BCUT2D eigenvalue weighted by molar-refractivity contribution is 0.425. The van der Waals surface area contributed by atoms with Crippen molar-refractivity contribution in [2.24, 2.45) is 0 Å². The third-order valence-electron chi connectivity index (χ3n) is 1.24. The lowest BCUT2D eigenvalue weighted by atomic mass is 10.3. The van der Waals surface area contributed by atoms with Gasteiger partial charge in [-0.1, -0.05) is 5.16 Å². The highest BCUT2D eigenvalue weighted by Gasteiger charge is 2.06. The number of hydrogen-bond acceptors (Lipinski definition) is 4. The molecule has 0 saturated heterocycles. The van der Waals surface area contributed by atoms with Crippen LogP contribution in [-0.4, -0.2) is 10.1 Å². The van der Waals surface area contributed by atoms with E-state index < -0.39 is 0 Å². The third kappa shape index (κ3) is 1.02. The van der Waals surface area contributed by atoms with Gasteiger partial charge in [0, 0.05) is 6.07 Å². The summed E-state index contributed by atoms with van der Waals surface area (Å²) in [5.74, 6) is 1.08. The quantitative estimate of drug-likeness (QED) is 0.615. The average molecular weight is 149 g/mol. The van der Waals surface area contributed by atoms with Crippen LogP contribution in [0.2, 0.25) is 0 Å². The molecule has 0 saturated carbocycles. The predicted molar refractivity (Wildman–Crippen MR) is 35.6 cm³/mol. The summed E-state index contributed by atoms with van der Waals surface area (Å²) in [7, 11) is 0. The molecule has 2 aromatic rings. The molecule has 2 heterocycles. The number of aryl methyl sites for hydroxylation is 1. The number of aromatic nitrogens is 2. The predicted octanol–water partition coefficient (Wildman–Crippen LogP) is 1.44. The number of hydrogen-bond donors (Lipinski definition) is 0. The fraction of sp³-hybridized carbons (Fsp3) is 0.143. The highest BCUT2D eigenvalue weighted by Crippen LogP contribution is 2.15. The Bertz CT molecular complexity index is 337. The molecular formula is C7H5N2O2. The number of furan rings is 1. The Balaban J connectivity index is 2.45. The van der Waals surface area contributed by atoms with Gasteiger partial charge in [0.15, 0.2) is 12.1 Å². The molecule has 1 radical (unpaired) electrons. The Kier molecular flexibility index (Phi) is 1.25. The molecule has 0 bridgehead atoms. The van der Waals surface area contributed by atoms with Crippen molar-refractivity contribution in [2.45, 2.75) is 6.92 Å². The Morgan fingerprint density at radius 2 is 2.45 bits per heavy atom. The van der Waals surface area contributed by atoms with E-state index in [0.29, 0.717) is 11.7 Å². The topological polar surface area (TPSA) is 52.1 Å². The molecule has 0 unspecified atom stereocenters. The zero-order valence-corrected chi connectivity index (χ0v) is 5.87. The van der Waals surface area contributed by atoms with E-state index in [1.165, 1.54) is 6.26 Å². The molecule has 4 heteroatoms. The van der Waals surface area contributed by atoms with E-state index in [-0.39, 0.29) is 0 Å². The molecule has 0 aromatic carbocycles. The van der Waals surface area contributed by atoms with Crippen molar-refractivity contribution in [3.63, 3.8) is 0 Å². The van der Waals surface area contributed by atoms with Gasteiger partial charge in [0.25, 0.3) is 5.89 Å². The molecule has 0 aliphatic carbocycles. The van der Waals surface area contributed by atoms with Gasteiger partial charge in [0.2, 0.25) is 0 Å². The molecule has 55 valence electrons. The Hall–Kier alpha value is -1.58. The number of rotatable bonds is 1. The fourth-order valence-corrected chi connectivity index (χ4v) is 0.756. The van der Waals surface area contributed by atoms with Gasteiger partial charge >= 0.3 is 0 Å². The summed E-state index contributed by atoms with van der Waals surface area (Å²) < 4.78 is 9.59. The van der Waals surface area contributed by atoms with E-state index in [9.17, 15) is 0 Å². The maximum atomic E-state index is 4.87. The molecular weight excluding hydrogens is 144 g/mol. The van der Waals surface area contributed by atoms with Gasteiger partial charge in [0.1, 0.15) is 6.26 Å². The van der Waals surface area contributed by atoms with Crippen LogP contribution in [0.3, 0.4) is 0 Å². The Labute approximate surface area is 62.8 Å². The first-order chi connectivity index (χ1) is 5.36. The van der Waals surface area contributed by atoms with Crippen molar-refractivity contribution in [3.8, 4) is 11.5 Å². The third-order valence-corrected chi connectivity index (χ3v) is 1.24. The lowest BCUT2D eigenvalue weighted by Gasteiger charge is -1.79. The van der Waals surface area contributed by atoms with E-state index in [4.69, 9.17) is 8.94 Å². The van der Waals surface area contributed by atoms with E-state index in [0.717, 1.165) is 5.56 Å². The van der Waals surface area contributed by atoms with E-state index in [1.807, 2.05) is 0 Å². The van der Waals surface area contributed by atoms with Gasteiger partial charge < -0.3 is 8.94 Å². The van der Waals surface area contributed by atoms with Crippen molar-refractivity contribution < 1.29 is 8.94 Å². The largest absolute Gasteiger partial charge is 0.460 e. The zero-order chi connectivity index (χ0) is 7.68. The second-order valence-corrected chi connectivity index (χ2v) is 2.10. The minimum absolute atomic E-state index is 0.465. The van der Waals surface area contributed by atoms with Crippen molar-refractivity contribution >= 4 is 0 Å². The monoisotopic (exact) mass is 149 g/mol. The summed E-state index contributed by atoms with van der Waals surface area (Å²) in [5.41, 5.74) is 0.755. The van der Waals surface area contributed by atoms with Gasteiger partial charge in [-0.25, -0.2) is 0 Å². The van der Waals surface area contributed by atoms with Crippen LogP contribution in [0, 0.1) is 13.2 Å². The molecule has 0 fully saturated rings. The second kappa shape index (κ2) is 2.23. The van der Waals surface area contributed by atoms with E-state index >= 15 is 0 Å². The summed E-state index contributed by atoms with van der Waals surface area (Å²) in [6, 6.07) is 1.65. The highest BCUT2D eigenvalue weighted by molar-refractivity contribution is 5.49. The molecule has 2 rings (SSSR count). The minimum atomic E-state index is 0.465. The smallest absolute Gasteiger partial charge is 0.261 e. The fourth-order valence-electron chi connectivity index (χ4n) is 0.756. The molecule has 0 amide bonds. The van der Waals surface area contributed by atoms with Crippen LogP contribution in [0.25, 0.3) is 11.5 Å². The molecule has 0 atom stereocenters. The van der Waals surface area contributed by atoms with Crippen LogP contribution in [0.4, 0.5) is 0 Å². The van der Waals surface area contributed by atoms with E-state index in [2.05, 4.69) is 16.4 Å². The first kappa shape index (κ1) is 6.15. The molecule has 11 heavy (non-hydrogen) atoms. The van der Waals surface area contributed by atoms with Crippen molar-refractivity contribution in [1.82, 2.24) is 10.1 Å². The summed E-state index contributed by atoms with van der Waals surface area (Å²) in [6.45, 7) is 1.76. The number of nitrogens with zero attached hydrogens (tertiary/aromatic N) is 2. The summed E-state index contributed by atoms with van der Waals surface area (Å²) in [5, 5.41) is 3.63. The van der Waals surface area contributed by atoms with Gasteiger partial charge in [-0.2, -0.15) is 4.98 Å². The molecule has 2 aromatic heterocycles. The maximum Gasteiger partial charge on any atom is 0.261 e. The Morgan fingerprint density at radius 3 is 3.00 bits per heavy atom. The van der Waals surface area contributed by atoms with Crippen LogP contribution in [-0.2, 0) is 0 Å². The van der Waals surface area contributed by atoms with Crippen LogP contribution in [0.15, 0.2) is 21.3 Å². The minimum Gasteiger partial charge on any atom is -0.460 e. The van der Waals surface area contributed by atoms with Crippen molar-refractivity contribution in [3.05, 3.63) is 24.4 Å². The molecule has 0 aliphatic rings. The molecule has 4 nitrogen and oxygen atoms in total. The normalized spacial score (nSPS) is 10.3. The summed E-state index contributed by atoms with van der Waals surface area (Å²) in [4.78, 5) is 4.00. The first-order valence-corrected chi connectivity index (χ1v) is 3.11. The SMILES string of the molecule is Cc1noc(-c2c[c]oc2)n1. The maximum absolute atomic E-state index is 4.87. The average Bonchev–Trinajstić information content (AvgIpc) is 2.55. The molecule has 0 N–H and O–H groups in total. The van der Waals surface area contributed by atoms with Crippen LogP contribution >= 0.6 is 0 Å².